The second-order valence-electron chi connectivity index (χ2n) is 13.0. The molecule has 0 bridgehead atoms. The molecule has 0 aliphatic rings. The van der Waals surface area contributed by atoms with Crippen molar-refractivity contribution < 1.29 is 29.7 Å². The van der Waals surface area contributed by atoms with Gasteiger partial charge in [0.25, 0.3) is 0 Å². The Morgan fingerprint density at radius 3 is 2.04 bits per heavy atom. The van der Waals surface area contributed by atoms with E-state index in [-0.39, 0.29) is 25.7 Å². The van der Waals surface area contributed by atoms with Crippen molar-refractivity contribution in [3.8, 4) is 39.5 Å². The third-order valence-corrected chi connectivity index (χ3v) is 7.53. The molecule has 1 radical (unpaired) electrons. The van der Waals surface area contributed by atoms with Crippen LogP contribution in [0.5, 0.6) is 0 Å². The molecule has 0 unspecified atom stereocenters. The van der Waals surface area contributed by atoms with Gasteiger partial charge in [0, 0.05) is 54.0 Å². The van der Waals surface area contributed by atoms with Gasteiger partial charge in [0.15, 0.2) is 0 Å². The summed E-state index contributed by atoms with van der Waals surface area (Å²) in [4.78, 5) is 9.00. The van der Waals surface area contributed by atoms with E-state index in [9.17, 15) is 0 Å². The first kappa shape index (κ1) is 27.8. The predicted octanol–water partition coefficient (Wildman–Crippen LogP) is 11.7. The van der Waals surface area contributed by atoms with Crippen LogP contribution >= 0.6 is 0 Å². The summed E-state index contributed by atoms with van der Waals surface area (Å²) in [6.07, 6.45) is 3.94. The van der Waals surface area contributed by atoms with Crippen molar-refractivity contribution in [2.75, 3.05) is 0 Å². The second kappa shape index (κ2) is 16.3. The van der Waals surface area contributed by atoms with Crippen molar-refractivity contribution >= 4 is 0 Å². The van der Waals surface area contributed by atoms with Crippen molar-refractivity contribution in [1.82, 2.24) is 14.5 Å². The fourth-order valence-electron chi connectivity index (χ4n) is 5.31. The molecule has 0 amide bonds. The van der Waals surface area contributed by atoms with E-state index in [2.05, 4.69) is 22.1 Å². The Kier molecular flexibility index (Phi) is 9.46. The SMILES string of the molecule is [2H]C([2H])([2H])c1c[c-]c(-c2nccn2-c2c(C([2H])(C)C)cccc2C([2H])(C)C)cc1.[2H]C([2H])(c1ccc(-c2ccc(-c3[c-]cccc3)nc2)cc1)C(C)(C)C.[Ir]. The van der Waals surface area contributed by atoms with Crippen LogP contribution in [-0.2, 0) is 26.5 Å². The van der Waals surface area contributed by atoms with Gasteiger partial charge in [-0.05, 0) is 57.1 Å². The van der Waals surface area contributed by atoms with Crippen LogP contribution in [0.3, 0.4) is 0 Å². The molecule has 6 aromatic rings. The van der Waals surface area contributed by atoms with Gasteiger partial charge in [-0.1, -0.05) is 110 Å². The van der Waals surface area contributed by atoms with Crippen LogP contribution in [-0.4, -0.2) is 14.5 Å². The maximum absolute atomic E-state index is 8.62. The largest absolute Gasteiger partial charge is 0.340 e. The Morgan fingerprint density at radius 2 is 1.50 bits per heavy atom. The fraction of sp³-hybridized carbons (Fsp3) is 0.273. The average Bonchev–Trinajstić information content (AvgIpc) is 3.61. The Hall–Kier alpha value is -4.11. The molecule has 0 N–H and O–H groups in total. The molecule has 2 aromatic heterocycles. The third-order valence-electron chi connectivity index (χ3n) is 7.53. The minimum absolute atomic E-state index is 0. The molecule has 48 heavy (non-hydrogen) atoms. The summed E-state index contributed by atoms with van der Waals surface area (Å²) in [5.74, 6) is -1.18. The van der Waals surface area contributed by atoms with Gasteiger partial charge < -0.3 is 9.55 Å². The number of benzene rings is 4. The first-order chi connectivity index (χ1) is 25.1. The van der Waals surface area contributed by atoms with Crippen molar-refractivity contribution in [3.63, 3.8) is 0 Å². The first-order valence-corrected chi connectivity index (χ1v) is 15.8. The molecule has 0 aliphatic heterocycles. The summed E-state index contributed by atoms with van der Waals surface area (Å²) in [6, 6.07) is 36.1. The van der Waals surface area contributed by atoms with Gasteiger partial charge >= 0.3 is 0 Å². The Bertz CT molecular complexity index is 2120. The number of hydrogen-bond acceptors (Lipinski definition) is 2. The first-order valence-electron chi connectivity index (χ1n) is 19.3. The molecular weight excluding hydrogens is 763 g/mol. The number of pyridine rings is 1. The Balaban J connectivity index is 0.000000243. The zero-order chi connectivity index (χ0) is 39.7. The molecule has 4 aromatic carbocycles. The molecule has 0 spiro atoms. The van der Waals surface area contributed by atoms with E-state index in [0.717, 1.165) is 39.2 Å². The second-order valence-corrected chi connectivity index (χ2v) is 13.0. The van der Waals surface area contributed by atoms with E-state index in [1.54, 1.807) is 24.5 Å². The smallest absolute Gasteiger partial charge is 0.0602 e. The molecule has 2 heterocycles. The standard InChI is InChI=1S/C22H25N2.C22H22N.Ir/c1-15(2)19-7-6-8-20(16(3)4)21(19)24-14-13-23-22(24)18-11-9-17(5)10-12-18;1-22(2,3)15-17-9-11-18(12-10-17)20-13-14-21(23-16-20)19-7-5-4-6-8-19;/h6-11,13-16H,1-5H3;4-7,9-14,16H,15H2,1-3H3;/q2*-1;/i5D3,15D,16D;15D2;. The number of para-hydroxylation sites is 1. The number of rotatable bonds is 7. The molecule has 249 valence electrons. The van der Waals surface area contributed by atoms with Crippen molar-refractivity contribution in [2.45, 2.75) is 73.5 Å². The van der Waals surface area contributed by atoms with Crippen LogP contribution in [0.15, 0.2) is 116 Å². The zero-order valence-corrected chi connectivity index (χ0v) is 31.0. The van der Waals surface area contributed by atoms with Crippen LogP contribution < -0.4 is 0 Å². The van der Waals surface area contributed by atoms with E-state index in [1.165, 1.54) is 6.07 Å². The molecule has 4 heteroatoms. The van der Waals surface area contributed by atoms with Crippen LogP contribution in [0.25, 0.3) is 39.5 Å². The summed E-state index contributed by atoms with van der Waals surface area (Å²) >= 11 is 0. The van der Waals surface area contributed by atoms with E-state index in [1.807, 2.05) is 138 Å². The maximum atomic E-state index is 8.62. The Morgan fingerprint density at radius 1 is 0.792 bits per heavy atom. The van der Waals surface area contributed by atoms with E-state index in [4.69, 9.17) is 9.60 Å². The van der Waals surface area contributed by atoms with Crippen molar-refractivity contribution in [2.24, 2.45) is 5.41 Å². The topological polar surface area (TPSA) is 30.7 Å². The fourth-order valence-corrected chi connectivity index (χ4v) is 5.31. The molecule has 3 nitrogen and oxygen atoms in total. The van der Waals surface area contributed by atoms with Crippen molar-refractivity contribution in [3.05, 3.63) is 150 Å². The molecule has 0 saturated heterocycles. The summed E-state index contributed by atoms with van der Waals surface area (Å²) in [5, 5.41) is 0. The molecule has 0 saturated carbocycles. The number of aromatic nitrogens is 3. The molecule has 0 aliphatic carbocycles. The summed E-state index contributed by atoms with van der Waals surface area (Å²) in [5.41, 5.74) is 7.36. The van der Waals surface area contributed by atoms with Gasteiger partial charge in [-0.2, -0.15) is 0 Å². The predicted molar refractivity (Wildman–Crippen MR) is 198 cm³/mol. The molecule has 6 rings (SSSR count). The third kappa shape index (κ3) is 9.28. The normalized spacial score (nSPS) is 14.4. The van der Waals surface area contributed by atoms with E-state index >= 15 is 0 Å². The van der Waals surface area contributed by atoms with Crippen LogP contribution in [0.2, 0.25) is 0 Å². The number of imidazole rings is 1. The number of hydrogen-bond donors (Lipinski definition) is 0. The average molecular weight is 817 g/mol. The van der Waals surface area contributed by atoms with Gasteiger partial charge in [0.1, 0.15) is 0 Å². The minimum atomic E-state index is -2.19. The minimum Gasteiger partial charge on any atom is -0.340 e. The maximum Gasteiger partial charge on any atom is 0.0602 e. The summed E-state index contributed by atoms with van der Waals surface area (Å²) in [6.45, 7) is 10.9. The van der Waals surface area contributed by atoms with Gasteiger partial charge in [0.05, 0.1) is 5.82 Å². The number of nitrogens with zero attached hydrogens (tertiary/aromatic N) is 3. The van der Waals surface area contributed by atoms with E-state index in [0.29, 0.717) is 17.0 Å². The van der Waals surface area contributed by atoms with Crippen LogP contribution in [0, 0.1) is 24.4 Å². The van der Waals surface area contributed by atoms with Gasteiger partial charge in [-0.25, -0.2) is 0 Å². The summed E-state index contributed by atoms with van der Waals surface area (Å²) < 4.78 is 58.5. The molecule has 0 fully saturated rings. The van der Waals surface area contributed by atoms with Gasteiger partial charge in [0.2, 0.25) is 0 Å². The van der Waals surface area contributed by atoms with Gasteiger partial charge in [-0.15, -0.1) is 71.3 Å². The van der Waals surface area contributed by atoms with E-state index < -0.39 is 30.4 Å². The molecule has 0 atom stereocenters. The zero-order valence-electron chi connectivity index (χ0n) is 35.6. The summed E-state index contributed by atoms with van der Waals surface area (Å²) in [7, 11) is 0. The molecular formula is C44H47IrN3-2. The van der Waals surface area contributed by atoms with Crippen molar-refractivity contribution in [1.29, 1.82) is 0 Å². The Labute approximate surface area is 311 Å². The monoisotopic (exact) mass is 817 g/mol. The quantitative estimate of drug-likeness (QED) is 0.150. The number of aryl methyl sites for hydroxylation is 1. The van der Waals surface area contributed by atoms with Gasteiger partial charge in [-0.3, -0.25) is 4.98 Å². The van der Waals surface area contributed by atoms with Crippen LogP contribution in [0.1, 0.15) is 92.1 Å². The van der Waals surface area contributed by atoms with Crippen LogP contribution in [0.4, 0.5) is 0 Å².